The summed E-state index contributed by atoms with van der Waals surface area (Å²) in [7, 11) is 3.46. The third kappa shape index (κ3) is 7.22. The number of morpholine rings is 1. The fourth-order valence-electron chi connectivity index (χ4n) is 3.77. The average Bonchev–Trinajstić information content (AvgIpc) is 2.82. The van der Waals surface area contributed by atoms with Crippen molar-refractivity contribution >= 4 is 5.96 Å². The third-order valence-corrected chi connectivity index (χ3v) is 5.50. The normalized spacial score (nSPS) is 16.0. The van der Waals surface area contributed by atoms with E-state index in [1.807, 2.05) is 24.3 Å². The molecule has 1 saturated heterocycles. The van der Waals surface area contributed by atoms with Gasteiger partial charge in [0.25, 0.3) is 0 Å². The minimum atomic E-state index is -0.217. The largest absolute Gasteiger partial charge is 0.497 e. The zero-order valence-electron chi connectivity index (χ0n) is 18.4. The molecule has 1 heterocycles. The summed E-state index contributed by atoms with van der Waals surface area (Å²) in [6, 6.07) is 15.1. The van der Waals surface area contributed by atoms with Gasteiger partial charge in [0.15, 0.2) is 5.96 Å². The highest BCUT2D eigenvalue weighted by Gasteiger charge is 2.23. The number of benzene rings is 2. The van der Waals surface area contributed by atoms with Crippen LogP contribution < -0.4 is 15.4 Å². The molecule has 168 valence electrons. The van der Waals surface area contributed by atoms with Gasteiger partial charge in [0.05, 0.1) is 26.4 Å². The molecule has 0 spiro atoms. The molecule has 0 amide bonds. The Morgan fingerprint density at radius 3 is 2.65 bits per heavy atom. The van der Waals surface area contributed by atoms with Gasteiger partial charge in [-0.3, -0.25) is 9.89 Å². The van der Waals surface area contributed by atoms with Gasteiger partial charge >= 0.3 is 0 Å². The second-order valence-electron chi connectivity index (χ2n) is 7.55. The van der Waals surface area contributed by atoms with Crippen LogP contribution in [0.25, 0.3) is 0 Å². The van der Waals surface area contributed by atoms with E-state index in [0.717, 1.165) is 63.0 Å². The first-order chi connectivity index (χ1) is 15.2. The number of nitrogens with one attached hydrogen (secondary N) is 2. The van der Waals surface area contributed by atoms with Gasteiger partial charge in [0.2, 0.25) is 0 Å². The number of aryl methyl sites for hydroxylation is 1. The SMILES string of the molecule is CN=C(NCCCc1cccc(OC)c1)NCC(c1ccc(F)cc1)N1CCOCC1. The van der Waals surface area contributed by atoms with Crippen LogP contribution in [0.15, 0.2) is 53.5 Å². The lowest BCUT2D eigenvalue weighted by atomic mass is 10.0. The Kier molecular flexibility index (Phi) is 9.12. The maximum atomic E-state index is 13.4. The van der Waals surface area contributed by atoms with Crippen LogP contribution in [0.3, 0.4) is 0 Å². The lowest BCUT2D eigenvalue weighted by molar-refractivity contribution is 0.0170. The molecule has 2 aromatic carbocycles. The van der Waals surface area contributed by atoms with E-state index < -0.39 is 0 Å². The summed E-state index contributed by atoms with van der Waals surface area (Å²) < 4.78 is 24.2. The zero-order chi connectivity index (χ0) is 21.9. The highest BCUT2D eigenvalue weighted by Crippen LogP contribution is 2.21. The van der Waals surface area contributed by atoms with Crippen molar-refractivity contribution in [1.29, 1.82) is 0 Å². The molecule has 0 saturated carbocycles. The first kappa shape index (κ1) is 23.0. The molecule has 3 rings (SSSR count). The number of hydrogen-bond acceptors (Lipinski definition) is 4. The summed E-state index contributed by atoms with van der Waals surface area (Å²) in [6.07, 6.45) is 1.95. The van der Waals surface area contributed by atoms with Gasteiger partial charge in [-0.2, -0.15) is 0 Å². The van der Waals surface area contributed by atoms with Crippen LogP contribution in [0, 0.1) is 5.82 Å². The third-order valence-electron chi connectivity index (χ3n) is 5.50. The molecular weight excluding hydrogens is 395 g/mol. The summed E-state index contributed by atoms with van der Waals surface area (Å²) in [6.45, 7) is 4.65. The molecule has 0 aliphatic carbocycles. The monoisotopic (exact) mass is 428 g/mol. The summed E-state index contributed by atoms with van der Waals surface area (Å²) in [5.41, 5.74) is 2.34. The van der Waals surface area contributed by atoms with Crippen LogP contribution in [0.5, 0.6) is 5.75 Å². The topological polar surface area (TPSA) is 58.1 Å². The van der Waals surface area contributed by atoms with Crippen molar-refractivity contribution in [3.05, 3.63) is 65.5 Å². The van der Waals surface area contributed by atoms with E-state index in [9.17, 15) is 4.39 Å². The Morgan fingerprint density at radius 1 is 1.16 bits per heavy atom. The van der Waals surface area contributed by atoms with Gasteiger partial charge < -0.3 is 20.1 Å². The second-order valence-corrected chi connectivity index (χ2v) is 7.55. The van der Waals surface area contributed by atoms with E-state index >= 15 is 0 Å². The molecule has 1 atom stereocenters. The molecule has 31 heavy (non-hydrogen) atoms. The van der Waals surface area contributed by atoms with Crippen LogP contribution in [0.4, 0.5) is 4.39 Å². The average molecular weight is 429 g/mol. The van der Waals surface area contributed by atoms with Crippen LogP contribution in [-0.4, -0.2) is 64.4 Å². The van der Waals surface area contributed by atoms with Crippen molar-refractivity contribution in [3.63, 3.8) is 0 Å². The highest BCUT2D eigenvalue weighted by molar-refractivity contribution is 5.79. The number of rotatable bonds is 9. The molecule has 1 aliphatic heterocycles. The van der Waals surface area contributed by atoms with E-state index in [4.69, 9.17) is 9.47 Å². The smallest absolute Gasteiger partial charge is 0.191 e. The predicted octanol–water partition coefficient (Wildman–Crippen LogP) is 3.01. The molecule has 1 fully saturated rings. The van der Waals surface area contributed by atoms with Crippen molar-refractivity contribution < 1.29 is 13.9 Å². The molecule has 2 N–H and O–H groups in total. The summed E-state index contributed by atoms with van der Waals surface area (Å²) in [4.78, 5) is 6.73. The maximum Gasteiger partial charge on any atom is 0.191 e. The van der Waals surface area contributed by atoms with Gasteiger partial charge in [-0.25, -0.2) is 4.39 Å². The fourth-order valence-corrected chi connectivity index (χ4v) is 3.77. The van der Waals surface area contributed by atoms with Crippen LogP contribution in [-0.2, 0) is 11.2 Å². The van der Waals surface area contributed by atoms with Gasteiger partial charge in [-0.1, -0.05) is 24.3 Å². The summed E-state index contributed by atoms with van der Waals surface area (Å²) in [5.74, 6) is 1.44. The van der Waals surface area contributed by atoms with E-state index in [0.29, 0.717) is 6.54 Å². The Balaban J connectivity index is 1.50. The van der Waals surface area contributed by atoms with Gasteiger partial charge in [0, 0.05) is 33.2 Å². The first-order valence-electron chi connectivity index (χ1n) is 10.8. The summed E-state index contributed by atoms with van der Waals surface area (Å²) >= 11 is 0. The molecule has 7 heteroatoms. The van der Waals surface area contributed by atoms with E-state index in [1.54, 1.807) is 14.2 Å². The van der Waals surface area contributed by atoms with Gasteiger partial charge in [0.1, 0.15) is 11.6 Å². The Labute approximate surface area is 184 Å². The molecule has 0 bridgehead atoms. The fraction of sp³-hybridized carbons (Fsp3) is 0.458. The lowest BCUT2D eigenvalue weighted by Crippen LogP contribution is -2.46. The summed E-state index contributed by atoms with van der Waals surface area (Å²) in [5, 5.41) is 6.83. The number of ether oxygens (including phenoxy) is 2. The number of methoxy groups -OCH3 is 1. The minimum Gasteiger partial charge on any atom is -0.497 e. The predicted molar refractivity (Wildman–Crippen MR) is 122 cm³/mol. The molecule has 6 nitrogen and oxygen atoms in total. The van der Waals surface area contributed by atoms with Crippen molar-refractivity contribution in [1.82, 2.24) is 15.5 Å². The van der Waals surface area contributed by atoms with Gasteiger partial charge in [-0.05, 0) is 48.2 Å². The van der Waals surface area contributed by atoms with E-state index in [-0.39, 0.29) is 11.9 Å². The highest BCUT2D eigenvalue weighted by atomic mass is 19.1. The van der Waals surface area contributed by atoms with Crippen molar-refractivity contribution in [2.24, 2.45) is 4.99 Å². The number of hydrogen-bond donors (Lipinski definition) is 2. The zero-order valence-corrected chi connectivity index (χ0v) is 18.4. The maximum absolute atomic E-state index is 13.4. The Morgan fingerprint density at radius 2 is 1.94 bits per heavy atom. The second kappa shape index (κ2) is 12.3. The molecular formula is C24H33FN4O2. The van der Waals surface area contributed by atoms with Crippen molar-refractivity contribution in [2.75, 3.05) is 53.6 Å². The Hall–Kier alpha value is -2.64. The van der Waals surface area contributed by atoms with Crippen molar-refractivity contribution in [3.8, 4) is 5.75 Å². The molecule has 1 aliphatic rings. The van der Waals surface area contributed by atoms with Crippen LogP contribution >= 0.6 is 0 Å². The minimum absolute atomic E-state index is 0.125. The quantitative estimate of drug-likeness (QED) is 0.365. The van der Waals surface area contributed by atoms with Gasteiger partial charge in [-0.15, -0.1) is 0 Å². The molecule has 2 aromatic rings. The van der Waals surface area contributed by atoms with E-state index in [2.05, 4.69) is 32.7 Å². The van der Waals surface area contributed by atoms with Crippen LogP contribution in [0.2, 0.25) is 0 Å². The molecule has 0 aromatic heterocycles. The molecule has 0 radical (unpaired) electrons. The van der Waals surface area contributed by atoms with E-state index in [1.165, 1.54) is 17.7 Å². The number of halogens is 1. The Bertz CT molecular complexity index is 823. The van der Waals surface area contributed by atoms with Crippen LogP contribution in [0.1, 0.15) is 23.6 Å². The van der Waals surface area contributed by atoms with Crippen molar-refractivity contribution in [2.45, 2.75) is 18.9 Å². The number of nitrogens with zero attached hydrogens (tertiary/aromatic N) is 2. The number of aliphatic imine (C=N–C) groups is 1. The standard InChI is InChI=1S/C24H33FN4O2/c1-26-24(27-12-4-6-19-5-3-7-22(17-19)30-2)28-18-23(29-13-15-31-16-14-29)20-8-10-21(25)11-9-20/h3,5,7-11,17,23H,4,6,12-16,18H2,1-2H3,(H2,26,27,28). The lowest BCUT2D eigenvalue weighted by Gasteiger charge is -2.35. The first-order valence-corrected chi connectivity index (χ1v) is 10.8. The number of guanidine groups is 1. The molecule has 1 unspecified atom stereocenters.